The molecule has 1 atom stereocenters. The molecule has 1 aromatic heterocycles. The Morgan fingerprint density at radius 2 is 1.96 bits per heavy atom. The van der Waals surface area contributed by atoms with Crippen LogP contribution in [-0.2, 0) is 22.4 Å². The fraction of sp³-hybridized carbons (Fsp3) is 0.722. The van der Waals surface area contributed by atoms with Crippen molar-refractivity contribution in [2.75, 3.05) is 13.2 Å². The second-order valence-electron chi connectivity index (χ2n) is 7.35. The lowest BCUT2D eigenvalue weighted by atomic mass is 10.0. The Balaban J connectivity index is 2.33. The molecule has 140 valence electrons. The van der Waals surface area contributed by atoms with Crippen LogP contribution in [0.5, 0.6) is 0 Å². The predicted octanol–water partition coefficient (Wildman–Crippen LogP) is 3.32. The third-order valence-electron chi connectivity index (χ3n) is 4.21. The zero-order valence-corrected chi connectivity index (χ0v) is 16.1. The second kappa shape index (κ2) is 7.45. The summed E-state index contributed by atoms with van der Waals surface area (Å²) < 4.78 is 12.5. The lowest BCUT2D eigenvalue weighted by Gasteiger charge is -2.30. The quantitative estimate of drug-likeness (QED) is 0.778. The van der Waals surface area contributed by atoms with Gasteiger partial charge in [-0.25, -0.2) is 9.59 Å². The van der Waals surface area contributed by atoms with E-state index in [9.17, 15) is 9.59 Å². The molecule has 0 aromatic carbocycles. The molecule has 1 amide bonds. The SMILES string of the molecule is CCOC(=O)c1nn([C@H](C)CC)c2c1CN(C(=O)OC(C)(C)C)CC2. The molecule has 0 spiro atoms. The average molecular weight is 351 g/mol. The van der Waals surface area contributed by atoms with Gasteiger partial charge in [-0.3, -0.25) is 4.68 Å². The first-order valence-corrected chi connectivity index (χ1v) is 8.93. The molecule has 7 heteroatoms. The highest BCUT2D eigenvalue weighted by Crippen LogP contribution is 2.27. The number of ether oxygens (including phenoxy) is 2. The van der Waals surface area contributed by atoms with Crippen molar-refractivity contribution in [2.24, 2.45) is 0 Å². The fourth-order valence-corrected chi connectivity index (χ4v) is 2.83. The highest BCUT2D eigenvalue weighted by Gasteiger charge is 2.33. The van der Waals surface area contributed by atoms with Crippen LogP contribution in [-0.4, -0.2) is 45.5 Å². The van der Waals surface area contributed by atoms with E-state index in [1.54, 1.807) is 11.8 Å². The van der Waals surface area contributed by atoms with Gasteiger partial charge in [-0.05, 0) is 41.0 Å². The van der Waals surface area contributed by atoms with E-state index < -0.39 is 11.6 Å². The number of aromatic nitrogens is 2. The number of carbonyl (C=O) groups excluding carboxylic acids is 2. The summed E-state index contributed by atoms with van der Waals surface area (Å²) in [6, 6.07) is 0.185. The number of fused-ring (bicyclic) bond motifs is 1. The fourth-order valence-electron chi connectivity index (χ4n) is 2.83. The summed E-state index contributed by atoms with van der Waals surface area (Å²) >= 11 is 0. The number of amides is 1. The number of rotatable bonds is 4. The van der Waals surface area contributed by atoms with Crippen molar-refractivity contribution in [1.82, 2.24) is 14.7 Å². The minimum Gasteiger partial charge on any atom is -0.461 e. The Hall–Kier alpha value is -2.05. The minimum atomic E-state index is -0.553. The zero-order valence-electron chi connectivity index (χ0n) is 16.1. The Kier molecular flexibility index (Phi) is 5.75. The van der Waals surface area contributed by atoms with Crippen molar-refractivity contribution < 1.29 is 19.1 Å². The summed E-state index contributed by atoms with van der Waals surface area (Å²) in [5, 5.41) is 4.51. The molecule has 0 N–H and O–H groups in total. The van der Waals surface area contributed by atoms with Gasteiger partial charge in [0, 0.05) is 30.3 Å². The van der Waals surface area contributed by atoms with Crippen LogP contribution in [0.4, 0.5) is 4.79 Å². The number of nitrogens with zero attached hydrogens (tertiary/aromatic N) is 3. The van der Waals surface area contributed by atoms with E-state index in [4.69, 9.17) is 9.47 Å². The highest BCUT2D eigenvalue weighted by molar-refractivity contribution is 5.89. The standard InChI is InChI=1S/C18H29N3O4/c1-7-12(3)21-14-9-10-20(17(23)25-18(4,5)6)11-13(14)15(19-21)16(22)24-8-2/h12H,7-11H2,1-6H3/t12-/m1/s1. The molecule has 1 aliphatic rings. The topological polar surface area (TPSA) is 73.7 Å². The lowest BCUT2D eigenvalue weighted by molar-refractivity contribution is 0.0219. The smallest absolute Gasteiger partial charge is 0.410 e. The molecular weight excluding hydrogens is 322 g/mol. The van der Waals surface area contributed by atoms with Crippen LogP contribution in [0.2, 0.25) is 0 Å². The molecule has 2 rings (SSSR count). The molecule has 0 radical (unpaired) electrons. The van der Waals surface area contributed by atoms with Gasteiger partial charge in [0.25, 0.3) is 0 Å². The number of hydrogen-bond acceptors (Lipinski definition) is 5. The van der Waals surface area contributed by atoms with Gasteiger partial charge >= 0.3 is 12.1 Å². The van der Waals surface area contributed by atoms with Crippen LogP contribution in [0.15, 0.2) is 0 Å². The van der Waals surface area contributed by atoms with Gasteiger partial charge < -0.3 is 14.4 Å². The predicted molar refractivity (Wildman–Crippen MR) is 93.5 cm³/mol. The van der Waals surface area contributed by atoms with E-state index >= 15 is 0 Å². The van der Waals surface area contributed by atoms with Crippen molar-refractivity contribution in [3.05, 3.63) is 17.0 Å². The van der Waals surface area contributed by atoms with E-state index in [-0.39, 0.29) is 12.1 Å². The molecule has 1 aliphatic heterocycles. The summed E-state index contributed by atoms with van der Waals surface area (Å²) in [7, 11) is 0. The van der Waals surface area contributed by atoms with Gasteiger partial charge in [-0.2, -0.15) is 5.10 Å². The van der Waals surface area contributed by atoms with Crippen molar-refractivity contribution in [2.45, 2.75) is 72.6 Å². The molecule has 0 bridgehead atoms. The third kappa shape index (κ3) is 4.32. The van der Waals surface area contributed by atoms with Crippen molar-refractivity contribution >= 4 is 12.1 Å². The van der Waals surface area contributed by atoms with Crippen LogP contribution < -0.4 is 0 Å². The molecule has 2 heterocycles. The highest BCUT2D eigenvalue weighted by atomic mass is 16.6. The largest absolute Gasteiger partial charge is 0.461 e. The number of esters is 1. The van der Waals surface area contributed by atoms with Gasteiger partial charge in [0.05, 0.1) is 13.2 Å². The van der Waals surface area contributed by atoms with E-state index in [0.717, 1.165) is 17.7 Å². The lowest BCUT2D eigenvalue weighted by Crippen LogP contribution is -2.40. The molecule has 7 nitrogen and oxygen atoms in total. The molecule has 0 unspecified atom stereocenters. The molecular formula is C18H29N3O4. The normalized spacial score (nSPS) is 15.5. The Morgan fingerprint density at radius 1 is 1.28 bits per heavy atom. The average Bonchev–Trinajstić information content (AvgIpc) is 2.91. The van der Waals surface area contributed by atoms with Crippen molar-refractivity contribution in [1.29, 1.82) is 0 Å². The molecule has 0 saturated carbocycles. The first-order valence-electron chi connectivity index (χ1n) is 8.93. The van der Waals surface area contributed by atoms with Gasteiger partial charge in [0.15, 0.2) is 5.69 Å². The summed E-state index contributed by atoms with van der Waals surface area (Å²) in [6.07, 6.45) is 1.18. The van der Waals surface area contributed by atoms with Gasteiger partial charge in [0.2, 0.25) is 0 Å². The maximum Gasteiger partial charge on any atom is 0.410 e. The van der Waals surface area contributed by atoms with Crippen molar-refractivity contribution in [3.63, 3.8) is 0 Å². The summed E-state index contributed by atoms with van der Waals surface area (Å²) in [4.78, 5) is 26.3. The van der Waals surface area contributed by atoms with Crippen LogP contribution in [0.25, 0.3) is 0 Å². The van der Waals surface area contributed by atoms with Crippen LogP contribution in [0.3, 0.4) is 0 Å². The summed E-state index contributed by atoms with van der Waals surface area (Å²) in [5.41, 5.74) is 1.54. The van der Waals surface area contributed by atoms with E-state index in [1.165, 1.54) is 0 Å². The van der Waals surface area contributed by atoms with Crippen LogP contribution in [0.1, 0.15) is 75.8 Å². The Morgan fingerprint density at radius 3 is 2.52 bits per heavy atom. The molecule has 0 saturated heterocycles. The number of hydrogen-bond donors (Lipinski definition) is 0. The van der Waals surface area contributed by atoms with Gasteiger partial charge in [-0.1, -0.05) is 6.92 Å². The maximum atomic E-state index is 12.4. The Bertz CT molecular complexity index is 645. The van der Waals surface area contributed by atoms with E-state index in [1.807, 2.05) is 25.5 Å². The maximum absolute atomic E-state index is 12.4. The first kappa shape index (κ1) is 19.3. The van der Waals surface area contributed by atoms with Gasteiger partial charge in [0.1, 0.15) is 5.60 Å². The second-order valence-corrected chi connectivity index (χ2v) is 7.35. The number of carbonyl (C=O) groups is 2. The zero-order chi connectivity index (χ0) is 18.8. The van der Waals surface area contributed by atoms with Crippen LogP contribution >= 0.6 is 0 Å². The summed E-state index contributed by atoms with van der Waals surface area (Å²) in [5.74, 6) is -0.438. The van der Waals surface area contributed by atoms with Gasteiger partial charge in [-0.15, -0.1) is 0 Å². The third-order valence-corrected chi connectivity index (χ3v) is 4.21. The van der Waals surface area contributed by atoms with E-state index in [2.05, 4.69) is 18.9 Å². The molecule has 0 aliphatic carbocycles. The first-order chi connectivity index (χ1) is 11.7. The van der Waals surface area contributed by atoms with Crippen molar-refractivity contribution in [3.8, 4) is 0 Å². The summed E-state index contributed by atoms with van der Waals surface area (Å²) in [6.45, 7) is 12.6. The molecule has 25 heavy (non-hydrogen) atoms. The van der Waals surface area contributed by atoms with E-state index in [0.29, 0.717) is 31.8 Å². The molecule has 0 fully saturated rings. The Labute approximate surface area is 149 Å². The molecule has 1 aromatic rings. The minimum absolute atomic E-state index is 0.185. The monoisotopic (exact) mass is 351 g/mol. The van der Waals surface area contributed by atoms with Crippen LogP contribution in [0, 0.1) is 0 Å².